The van der Waals surface area contributed by atoms with Gasteiger partial charge in [0.1, 0.15) is 4.90 Å². The summed E-state index contributed by atoms with van der Waals surface area (Å²) in [4.78, 5) is 0.0129. The summed E-state index contributed by atoms with van der Waals surface area (Å²) in [6, 6.07) is 8.50. The van der Waals surface area contributed by atoms with Gasteiger partial charge in [-0.3, -0.25) is 0 Å². The number of nitriles is 2. The maximum atomic E-state index is 12.5. The molecule has 106 valence electrons. The summed E-state index contributed by atoms with van der Waals surface area (Å²) in [5.41, 5.74) is 6.80. The smallest absolute Gasteiger partial charge is 0.245 e. The van der Waals surface area contributed by atoms with Gasteiger partial charge in [-0.1, -0.05) is 6.07 Å². The van der Waals surface area contributed by atoms with Gasteiger partial charge in [-0.15, -0.1) is 0 Å². The maximum Gasteiger partial charge on any atom is 0.245 e. The Morgan fingerprint density at radius 2 is 1.75 bits per heavy atom. The molecule has 1 aromatic rings. The van der Waals surface area contributed by atoms with Crippen molar-refractivity contribution in [2.24, 2.45) is 0 Å². The summed E-state index contributed by atoms with van der Waals surface area (Å²) in [5, 5.41) is 17.2. The molecule has 0 fully saturated rings. The van der Waals surface area contributed by atoms with Gasteiger partial charge in [0.05, 0.1) is 17.8 Å². The number of nitrogen functional groups attached to an aromatic ring is 1. The molecule has 0 spiro atoms. The fourth-order valence-electron chi connectivity index (χ4n) is 1.74. The molecule has 0 aromatic heterocycles. The average Bonchev–Trinajstić information content (AvgIpc) is 2.38. The van der Waals surface area contributed by atoms with Crippen LogP contribution in [0.25, 0.3) is 0 Å². The minimum absolute atomic E-state index is 0.0129. The van der Waals surface area contributed by atoms with Gasteiger partial charge in [-0.05, 0) is 24.6 Å². The Hall–Kier alpha value is -2.09. The SMILES string of the molecule is Cc1ccc(S(=O)(=O)N(CCC#N)CCC#N)c(N)c1. The van der Waals surface area contributed by atoms with Gasteiger partial charge in [-0.2, -0.15) is 14.8 Å². The molecular weight excluding hydrogens is 276 g/mol. The number of sulfonamides is 1. The predicted molar refractivity (Wildman–Crippen MR) is 74.8 cm³/mol. The Bertz CT molecular complexity index is 638. The Morgan fingerprint density at radius 1 is 1.20 bits per heavy atom. The zero-order valence-electron chi connectivity index (χ0n) is 11.2. The van der Waals surface area contributed by atoms with Crippen molar-refractivity contribution in [2.75, 3.05) is 18.8 Å². The first-order chi connectivity index (χ1) is 9.43. The van der Waals surface area contributed by atoms with E-state index in [1.807, 2.05) is 19.1 Å². The van der Waals surface area contributed by atoms with Crippen LogP contribution in [0.2, 0.25) is 0 Å². The molecule has 0 saturated carbocycles. The topological polar surface area (TPSA) is 111 Å². The highest BCUT2D eigenvalue weighted by Gasteiger charge is 2.25. The number of hydrogen-bond acceptors (Lipinski definition) is 5. The van der Waals surface area contributed by atoms with Crippen LogP contribution in [0.15, 0.2) is 23.1 Å². The van der Waals surface area contributed by atoms with E-state index in [4.69, 9.17) is 16.3 Å². The molecule has 0 saturated heterocycles. The van der Waals surface area contributed by atoms with E-state index in [0.29, 0.717) is 0 Å². The summed E-state index contributed by atoms with van der Waals surface area (Å²) in [7, 11) is -3.79. The second-order valence-electron chi connectivity index (χ2n) is 4.26. The van der Waals surface area contributed by atoms with Crippen molar-refractivity contribution in [3.05, 3.63) is 23.8 Å². The second-order valence-corrected chi connectivity index (χ2v) is 6.17. The first-order valence-electron chi connectivity index (χ1n) is 6.03. The van der Waals surface area contributed by atoms with E-state index in [2.05, 4.69) is 0 Å². The highest BCUT2D eigenvalue weighted by Crippen LogP contribution is 2.23. The van der Waals surface area contributed by atoms with Crippen molar-refractivity contribution >= 4 is 15.7 Å². The zero-order chi connectivity index (χ0) is 15.2. The molecule has 7 heteroatoms. The monoisotopic (exact) mass is 292 g/mol. The zero-order valence-corrected chi connectivity index (χ0v) is 12.0. The predicted octanol–water partition coefficient (Wildman–Crippen LogP) is 1.40. The molecule has 0 aliphatic carbocycles. The average molecular weight is 292 g/mol. The molecule has 0 radical (unpaired) electrons. The molecule has 2 N–H and O–H groups in total. The number of aryl methyl sites for hydroxylation is 1. The molecule has 0 bridgehead atoms. The van der Waals surface area contributed by atoms with Crippen LogP contribution in [-0.2, 0) is 10.0 Å². The number of benzene rings is 1. The highest BCUT2D eigenvalue weighted by atomic mass is 32.2. The molecular formula is C13H16N4O2S. The summed E-state index contributed by atoms with van der Waals surface area (Å²) in [5.74, 6) is 0. The number of hydrogen-bond donors (Lipinski definition) is 1. The van der Waals surface area contributed by atoms with E-state index in [1.54, 1.807) is 12.1 Å². The lowest BCUT2D eigenvalue weighted by atomic mass is 10.2. The fourth-order valence-corrected chi connectivity index (χ4v) is 3.28. The van der Waals surface area contributed by atoms with Gasteiger partial charge < -0.3 is 5.73 Å². The van der Waals surface area contributed by atoms with E-state index in [9.17, 15) is 8.42 Å². The van der Waals surface area contributed by atoms with Crippen LogP contribution in [0, 0.1) is 29.6 Å². The Balaban J connectivity index is 3.15. The van der Waals surface area contributed by atoms with Gasteiger partial charge >= 0.3 is 0 Å². The van der Waals surface area contributed by atoms with Crippen LogP contribution < -0.4 is 5.73 Å². The van der Waals surface area contributed by atoms with Gasteiger partial charge in [-0.25, -0.2) is 8.42 Å². The third kappa shape index (κ3) is 3.70. The molecule has 0 atom stereocenters. The van der Waals surface area contributed by atoms with Crippen molar-refractivity contribution in [2.45, 2.75) is 24.7 Å². The van der Waals surface area contributed by atoms with E-state index < -0.39 is 10.0 Å². The van der Waals surface area contributed by atoms with E-state index in [1.165, 1.54) is 6.07 Å². The Kier molecular flexibility index (Phi) is 5.51. The van der Waals surface area contributed by atoms with Crippen LogP contribution in [0.3, 0.4) is 0 Å². The van der Waals surface area contributed by atoms with Crippen LogP contribution >= 0.6 is 0 Å². The standard InChI is InChI=1S/C13H16N4O2S/c1-11-4-5-13(12(16)10-11)20(18,19)17(8-2-6-14)9-3-7-15/h4-5,10H,2-3,8-9,16H2,1H3. The number of nitrogens with two attached hydrogens (primary N) is 1. The lowest BCUT2D eigenvalue weighted by Crippen LogP contribution is -2.33. The van der Waals surface area contributed by atoms with E-state index in [-0.39, 0.29) is 36.5 Å². The van der Waals surface area contributed by atoms with Crippen LogP contribution in [0.5, 0.6) is 0 Å². The van der Waals surface area contributed by atoms with Crippen LogP contribution in [-0.4, -0.2) is 25.8 Å². The van der Waals surface area contributed by atoms with Gasteiger partial charge in [0.2, 0.25) is 10.0 Å². The lowest BCUT2D eigenvalue weighted by Gasteiger charge is -2.21. The van der Waals surface area contributed by atoms with Crippen molar-refractivity contribution in [1.82, 2.24) is 4.31 Å². The summed E-state index contributed by atoms with van der Waals surface area (Å²) >= 11 is 0. The van der Waals surface area contributed by atoms with Gasteiger partial charge in [0, 0.05) is 25.9 Å². The maximum absolute atomic E-state index is 12.5. The fraction of sp³-hybridized carbons (Fsp3) is 0.385. The molecule has 6 nitrogen and oxygen atoms in total. The Morgan fingerprint density at radius 3 is 2.20 bits per heavy atom. The normalized spacial score (nSPS) is 11.0. The third-order valence-corrected chi connectivity index (χ3v) is 4.70. The van der Waals surface area contributed by atoms with E-state index >= 15 is 0 Å². The van der Waals surface area contributed by atoms with Crippen molar-refractivity contribution in [1.29, 1.82) is 10.5 Å². The van der Waals surface area contributed by atoms with Gasteiger partial charge in [0.15, 0.2) is 0 Å². The molecule has 0 aliphatic rings. The van der Waals surface area contributed by atoms with Crippen LogP contribution in [0.1, 0.15) is 18.4 Å². The summed E-state index contributed by atoms with van der Waals surface area (Å²) in [6.45, 7) is 1.91. The highest BCUT2D eigenvalue weighted by molar-refractivity contribution is 7.89. The molecule has 0 aliphatic heterocycles. The van der Waals surface area contributed by atoms with Crippen molar-refractivity contribution < 1.29 is 8.42 Å². The molecule has 0 heterocycles. The van der Waals surface area contributed by atoms with Crippen molar-refractivity contribution in [3.63, 3.8) is 0 Å². The van der Waals surface area contributed by atoms with Crippen LogP contribution in [0.4, 0.5) is 5.69 Å². The largest absolute Gasteiger partial charge is 0.398 e. The molecule has 0 amide bonds. The molecule has 0 unspecified atom stereocenters. The number of anilines is 1. The molecule has 20 heavy (non-hydrogen) atoms. The summed E-state index contributed by atoms with van der Waals surface area (Å²) < 4.78 is 26.1. The minimum atomic E-state index is -3.79. The van der Waals surface area contributed by atoms with E-state index in [0.717, 1.165) is 9.87 Å². The first kappa shape index (κ1) is 16.0. The lowest BCUT2D eigenvalue weighted by molar-refractivity contribution is 0.425. The molecule has 1 aromatic carbocycles. The number of nitrogens with zero attached hydrogens (tertiary/aromatic N) is 3. The minimum Gasteiger partial charge on any atom is -0.398 e. The molecule has 1 rings (SSSR count). The van der Waals surface area contributed by atoms with Crippen molar-refractivity contribution in [3.8, 4) is 12.1 Å². The third-order valence-electron chi connectivity index (χ3n) is 2.73. The number of rotatable bonds is 6. The Labute approximate surface area is 119 Å². The summed E-state index contributed by atoms with van der Waals surface area (Å²) in [6.07, 6.45) is 0.132. The quantitative estimate of drug-likeness (QED) is 0.796. The van der Waals surface area contributed by atoms with Gasteiger partial charge in [0.25, 0.3) is 0 Å². The second kappa shape index (κ2) is 6.90. The first-order valence-corrected chi connectivity index (χ1v) is 7.47.